The Labute approximate surface area is 97.0 Å². The fourth-order valence-corrected chi connectivity index (χ4v) is 2.48. The molecule has 0 atom stereocenters. The van der Waals surface area contributed by atoms with E-state index in [1.165, 1.54) is 49.2 Å². The fourth-order valence-electron chi connectivity index (χ4n) is 2.18. The first-order valence-corrected chi connectivity index (χ1v) is 6.25. The van der Waals surface area contributed by atoms with Gasteiger partial charge in [0, 0.05) is 24.7 Å². The van der Waals surface area contributed by atoms with Crippen LogP contribution in [0.25, 0.3) is 0 Å². The maximum atomic E-state index is 5.86. The van der Waals surface area contributed by atoms with Crippen molar-refractivity contribution in [1.29, 1.82) is 0 Å². The van der Waals surface area contributed by atoms with Gasteiger partial charge in [-0.1, -0.05) is 6.07 Å². The molecule has 2 heteroatoms. The number of nitrogens with zero attached hydrogens (tertiary/aromatic N) is 1. The van der Waals surface area contributed by atoms with Gasteiger partial charge in [0.15, 0.2) is 0 Å². The lowest BCUT2D eigenvalue weighted by atomic mass is 10.1. The number of aryl methyl sites for hydroxylation is 1. The second kappa shape index (κ2) is 4.89. The third-order valence-electron chi connectivity index (χ3n) is 3.19. The molecule has 1 aliphatic heterocycles. The van der Waals surface area contributed by atoms with Gasteiger partial charge in [0.1, 0.15) is 0 Å². The van der Waals surface area contributed by atoms with Crippen molar-refractivity contribution in [2.24, 2.45) is 0 Å². The molecule has 0 aliphatic carbocycles. The van der Waals surface area contributed by atoms with Crippen LogP contribution in [0.15, 0.2) is 18.2 Å². The highest BCUT2D eigenvalue weighted by atomic mass is 35.5. The zero-order chi connectivity index (χ0) is 10.7. The summed E-state index contributed by atoms with van der Waals surface area (Å²) in [7, 11) is 0. The molecule has 2 rings (SSSR count). The summed E-state index contributed by atoms with van der Waals surface area (Å²) in [6, 6.07) is 6.63. The van der Waals surface area contributed by atoms with Crippen molar-refractivity contribution in [1.82, 2.24) is 0 Å². The van der Waals surface area contributed by atoms with E-state index in [4.69, 9.17) is 11.6 Å². The Morgan fingerprint density at radius 2 is 1.93 bits per heavy atom. The standard InChI is InChI=1S/C13H18ClN/c1-11-9-13(6-5-12(11)10-14)15-7-3-2-4-8-15/h5-6,9H,2-4,7-8,10H2,1H3. The summed E-state index contributed by atoms with van der Waals surface area (Å²) in [5.74, 6) is 0.617. The predicted octanol–water partition coefficient (Wildman–Crippen LogP) is 3.72. The number of hydrogen-bond donors (Lipinski definition) is 0. The molecular formula is C13H18ClN. The van der Waals surface area contributed by atoms with Gasteiger partial charge >= 0.3 is 0 Å². The lowest BCUT2D eigenvalue weighted by Gasteiger charge is -2.29. The normalized spacial score (nSPS) is 16.8. The number of alkyl halides is 1. The van der Waals surface area contributed by atoms with Gasteiger partial charge in [-0.2, -0.15) is 0 Å². The molecule has 0 bridgehead atoms. The Morgan fingerprint density at radius 1 is 1.20 bits per heavy atom. The number of hydrogen-bond acceptors (Lipinski definition) is 1. The van der Waals surface area contributed by atoms with E-state index in [-0.39, 0.29) is 0 Å². The Kier molecular flexibility index (Phi) is 3.53. The van der Waals surface area contributed by atoms with Gasteiger partial charge in [-0.3, -0.25) is 0 Å². The summed E-state index contributed by atoms with van der Waals surface area (Å²) in [6.07, 6.45) is 4.04. The molecule has 82 valence electrons. The largest absolute Gasteiger partial charge is 0.372 e. The van der Waals surface area contributed by atoms with Crippen molar-refractivity contribution in [2.45, 2.75) is 32.1 Å². The summed E-state index contributed by atoms with van der Waals surface area (Å²) in [6.45, 7) is 4.56. The number of anilines is 1. The summed E-state index contributed by atoms with van der Waals surface area (Å²) < 4.78 is 0. The molecule has 1 aliphatic rings. The molecule has 0 amide bonds. The van der Waals surface area contributed by atoms with Crippen LogP contribution in [-0.2, 0) is 5.88 Å². The maximum absolute atomic E-state index is 5.86. The van der Waals surface area contributed by atoms with Crippen molar-refractivity contribution in [3.8, 4) is 0 Å². The molecule has 0 N–H and O–H groups in total. The van der Waals surface area contributed by atoms with E-state index in [0.29, 0.717) is 5.88 Å². The van der Waals surface area contributed by atoms with Crippen molar-refractivity contribution >= 4 is 17.3 Å². The highest BCUT2D eigenvalue weighted by Gasteiger charge is 2.11. The van der Waals surface area contributed by atoms with Crippen molar-refractivity contribution < 1.29 is 0 Å². The quantitative estimate of drug-likeness (QED) is 0.691. The molecule has 1 aromatic rings. The number of piperidine rings is 1. The highest BCUT2D eigenvalue weighted by Crippen LogP contribution is 2.23. The minimum absolute atomic E-state index is 0.617. The van der Waals surface area contributed by atoms with Crippen LogP contribution in [0.4, 0.5) is 5.69 Å². The van der Waals surface area contributed by atoms with Crippen LogP contribution >= 0.6 is 11.6 Å². The number of rotatable bonds is 2. The Bertz CT molecular complexity index is 329. The van der Waals surface area contributed by atoms with E-state index in [2.05, 4.69) is 30.0 Å². The van der Waals surface area contributed by atoms with E-state index >= 15 is 0 Å². The first kappa shape index (κ1) is 10.8. The lowest BCUT2D eigenvalue weighted by molar-refractivity contribution is 0.578. The topological polar surface area (TPSA) is 3.24 Å². The zero-order valence-electron chi connectivity index (χ0n) is 9.30. The third-order valence-corrected chi connectivity index (χ3v) is 3.48. The second-order valence-electron chi connectivity index (χ2n) is 4.29. The van der Waals surface area contributed by atoms with Crippen molar-refractivity contribution in [3.05, 3.63) is 29.3 Å². The number of benzene rings is 1. The predicted molar refractivity (Wildman–Crippen MR) is 66.8 cm³/mol. The molecule has 0 saturated carbocycles. The van der Waals surface area contributed by atoms with E-state index < -0.39 is 0 Å². The Hall–Kier alpha value is -0.690. The monoisotopic (exact) mass is 223 g/mol. The smallest absolute Gasteiger partial charge is 0.0476 e. The molecule has 0 unspecified atom stereocenters. The van der Waals surface area contributed by atoms with Crippen LogP contribution in [0.1, 0.15) is 30.4 Å². The second-order valence-corrected chi connectivity index (χ2v) is 4.56. The summed E-state index contributed by atoms with van der Waals surface area (Å²) in [5.41, 5.74) is 3.92. The van der Waals surface area contributed by atoms with E-state index in [1.54, 1.807) is 0 Å². The third kappa shape index (κ3) is 2.46. The SMILES string of the molecule is Cc1cc(N2CCCCC2)ccc1CCl. The molecule has 0 spiro atoms. The van der Waals surface area contributed by atoms with Crippen LogP contribution < -0.4 is 4.90 Å². The van der Waals surface area contributed by atoms with Crippen molar-refractivity contribution in [2.75, 3.05) is 18.0 Å². The van der Waals surface area contributed by atoms with Gasteiger partial charge in [0.2, 0.25) is 0 Å². The minimum Gasteiger partial charge on any atom is -0.372 e. The first-order valence-electron chi connectivity index (χ1n) is 5.71. The van der Waals surface area contributed by atoms with Gasteiger partial charge in [0.05, 0.1) is 0 Å². The summed E-state index contributed by atoms with van der Waals surface area (Å²) in [4.78, 5) is 2.48. The van der Waals surface area contributed by atoms with Crippen LogP contribution in [0.5, 0.6) is 0 Å². The number of halogens is 1. The van der Waals surface area contributed by atoms with Gasteiger partial charge in [0.25, 0.3) is 0 Å². The average molecular weight is 224 g/mol. The molecule has 0 radical (unpaired) electrons. The Balaban J connectivity index is 2.17. The van der Waals surface area contributed by atoms with Gasteiger partial charge in [-0.05, 0) is 49.4 Å². The molecule has 1 aromatic carbocycles. The van der Waals surface area contributed by atoms with Gasteiger partial charge in [-0.15, -0.1) is 11.6 Å². The van der Waals surface area contributed by atoms with Crippen LogP contribution in [0.3, 0.4) is 0 Å². The molecule has 0 aromatic heterocycles. The highest BCUT2D eigenvalue weighted by molar-refractivity contribution is 6.17. The van der Waals surface area contributed by atoms with Gasteiger partial charge < -0.3 is 4.90 Å². The molecule has 1 fully saturated rings. The first-order chi connectivity index (χ1) is 7.31. The van der Waals surface area contributed by atoms with Crippen LogP contribution in [0, 0.1) is 6.92 Å². The van der Waals surface area contributed by atoms with E-state index in [9.17, 15) is 0 Å². The zero-order valence-corrected chi connectivity index (χ0v) is 10.1. The molecular weight excluding hydrogens is 206 g/mol. The summed E-state index contributed by atoms with van der Waals surface area (Å²) in [5, 5.41) is 0. The minimum atomic E-state index is 0.617. The van der Waals surface area contributed by atoms with Crippen LogP contribution in [-0.4, -0.2) is 13.1 Å². The Morgan fingerprint density at radius 3 is 2.53 bits per heavy atom. The molecule has 1 heterocycles. The van der Waals surface area contributed by atoms with E-state index in [1.807, 2.05) is 0 Å². The van der Waals surface area contributed by atoms with E-state index in [0.717, 1.165) is 0 Å². The van der Waals surface area contributed by atoms with Crippen LogP contribution in [0.2, 0.25) is 0 Å². The fraction of sp³-hybridized carbons (Fsp3) is 0.538. The maximum Gasteiger partial charge on any atom is 0.0476 e. The lowest BCUT2D eigenvalue weighted by Crippen LogP contribution is -2.29. The van der Waals surface area contributed by atoms with Gasteiger partial charge in [-0.25, -0.2) is 0 Å². The van der Waals surface area contributed by atoms with Crippen molar-refractivity contribution in [3.63, 3.8) is 0 Å². The average Bonchev–Trinajstić information content (AvgIpc) is 2.30. The summed E-state index contributed by atoms with van der Waals surface area (Å²) >= 11 is 5.86. The molecule has 15 heavy (non-hydrogen) atoms. The molecule has 1 saturated heterocycles. The molecule has 1 nitrogen and oxygen atoms in total.